The van der Waals surface area contributed by atoms with E-state index in [9.17, 15) is 3.67 Å². The van der Waals surface area contributed by atoms with E-state index < -0.39 is 15.0 Å². The Labute approximate surface area is 85.2 Å². The summed E-state index contributed by atoms with van der Waals surface area (Å²) in [6.07, 6.45) is 0. The van der Waals surface area contributed by atoms with Gasteiger partial charge in [0, 0.05) is 0 Å². The maximum absolute atomic E-state index is 10.2. The third-order valence-electron chi connectivity index (χ3n) is 1.09. The molecule has 0 saturated carbocycles. The zero-order chi connectivity index (χ0) is 10.9. The number of rotatable bonds is 9. The van der Waals surface area contributed by atoms with Gasteiger partial charge in [0.2, 0.25) is 0 Å². The van der Waals surface area contributed by atoms with Gasteiger partial charge in [0.05, 0.1) is 0 Å². The van der Waals surface area contributed by atoms with Gasteiger partial charge in [-0.15, -0.1) is 0 Å². The normalized spacial score (nSPS) is 11.9. The SMILES string of the molecule is [O]=[V]([OH])([OH])[O]CCOCCOCCO. The predicted molar refractivity (Wildman–Crippen MR) is 39.8 cm³/mol. The molecule has 0 heterocycles. The summed E-state index contributed by atoms with van der Waals surface area (Å²) in [7, 11) is 0. The van der Waals surface area contributed by atoms with Gasteiger partial charge in [-0.05, 0) is 0 Å². The molecule has 0 unspecified atom stereocenters. The van der Waals surface area contributed by atoms with Crippen LogP contribution in [0.4, 0.5) is 0 Å². The molecule has 0 bridgehead atoms. The third-order valence-corrected chi connectivity index (χ3v) is 1.91. The van der Waals surface area contributed by atoms with Gasteiger partial charge in [-0.2, -0.15) is 0 Å². The van der Waals surface area contributed by atoms with E-state index in [1.165, 1.54) is 0 Å². The van der Waals surface area contributed by atoms with Crippen LogP contribution in [0.3, 0.4) is 0 Å². The summed E-state index contributed by atoms with van der Waals surface area (Å²) in [6, 6.07) is 0. The predicted octanol–water partition coefficient (Wildman–Crippen LogP) is -1.74. The zero-order valence-electron chi connectivity index (χ0n) is 7.66. The zero-order valence-corrected chi connectivity index (χ0v) is 9.06. The van der Waals surface area contributed by atoms with E-state index in [0.717, 1.165) is 0 Å². The topological polar surface area (TPSA) is 105 Å². The molecule has 0 spiro atoms. The molecular formula is C6H15O7V. The van der Waals surface area contributed by atoms with Crippen LogP contribution in [0.5, 0.6) is 0 Å². The molecule has 0 aliphatic heterocycles. The molecule has 0 amide bonds. The second-order valence-corrected chi connectivity index (χ2v) is 4.21. The number of aliphatic hydroxyl groups excluding tert-OH is 1. The number of ether oxygens (including phenoxy) is 2. The van der Waals surface area contributed by atoms with Crippen LogP contribution in [-0.2, 0) is 31.8 Å². The number of hydrogen-bond donors (Lipinski definition) is 3. The van der Waals surface area contributed by atoms with E-state index in [1.807, 2.05) is 0 Å². The molecule has 14 heavy (non-hydrogen) atoms. The van der Waals surface area contributed by atoms with E-state index in [2.05, 4.69) is 3.66 Å². The number of aliphatic hydroxyl groups is 1. The van der Waals surface area contributed by atoms with Crippen molar-refractivity contribution in [3.05, 3.63) is 0 Å². The summed E-state index contributed by atoms with van der Waals surface area (Å²) < 4.78 is 40.8. The average molecular weight is 250 g/mol. The quantitative estimate of drug-likeness (QED) is 0.417. The molecule has 0 aliphatic rings. The van der Waals surface area contributed by atoms with Gasteiger partial charge >= 0.3 is 84.6 Å². The van der Waals surface area contributed by atoms with Crippen LogP contribution in [0.25, 0.3) is 0 Å². The Balaban J connectivity index is 3.03. The summed E-state index contributed by atoms with van der Waals surface area (Å²) in [5.74, 6) is 0. The van der Waals surface area contributed by atoms with Gasteiger partial charge in [-0.25, -0.2) is 0 Å². The van der Waals surface area contributed by atoms with Crippen LogP contribution in [0, 0.1) is 0 Å². The van der Waals surface area contributed by atoms with Crippen molar-refractivity contribution in [3.63, 3.8) is 0 Å². The fraction of sp³-hybridized carbons (Fsp3) is 1.00. The van der Waals surface area contributed by atoms with Crippen molar-refractivity contribution < 1.29 is 45.0 Å². The van der Waals surface area contributed by atoms with Crippen molar-refractivity contribution in [1.82, 2.24) is 0 Å². The van der Waals surface area contributed by atoms with Gasteiger partial charge in [0.25, 0.3) is 0 Å². The van der Waals surface area contributed by atoms with Gasteiger partial charge in [0.15, 0.2) is 0 Å². The first-order chi connectivity index (χ1) is 6.56. The van der Waals surface area contributed by atoms with Crippen molar-refractivity contribution >= 4 is 0 Å². The Kier molecular flexibility index (Phi) is 8.54. The molecule has 0 aliphatic carbocycles. The Morgan fingerprint density at radius 1 is 0.929 bits per heavy atom. The van der Waals surface area contributed by atoms with E-state index >= 15 is 0 Å². The summed E-state index contributed by atoms with van der Waals surface area (Å²) >= 11 is -4.94. The Morgan fingerprint density at radius 2 is 1.43 bits per heavy atom. The fourth-order valence-corrected chi connectivity index (χ4v) is 1.09. The van der Waals surface area contributed by atoms with Crippen LogP contribution in [0.2, 0.25) is 0 Å². The molecule has 0 aromatic heterocycles. The molecule has 0 aromatic carbocycles. The Hall–Kier alpha value is 0.144. The van der Waals surface area contributed by atoms with E-state index in [4.69, 9.17) is 22.6 Å². The minimum absolute atomic E-state index is 0.0379. The van der Waals surface area contributed by atoms with Gasteiger partial charge < -0.3 is 0 Å². The maximum atomic E-state index is 10.2. The molecule has 0 aromatic rings. The molecule has 0 saturated heterocycles. The van der Waals surface area contributed by atoms with E-state index in [-0.39, 0.29) is 26.4 Å². The van der Waals surface area contributed by atoms with Crippen LogP contribution in [0.15, 0.2) is 0 Å². The van der Waals surface area contributed by atoms with Crippen LogP contribution in [-0.4, -0.2) is 52.8 Å². The third kappa shape index (κ3) is 12.1. The molecule has 0 fully saturated rings. The second-order valence-electron chi connectivity index (χ2n) is 2.27. The fourth-order valence-electron chi connectivity index (χ4n) is 0.602. The Morgan fingerprint density at radius 3 is 1.93 bits per heavy atom. The molecule has 86 valence electrons. The van der Waals surface area contributed by atoms with E-state index in [0.29, 0.717) is 13.2 Å². The van der Waals surface area contributed by atoms with Crippen molar-refractivity contribution in [1.29, 1.82) is 0 Å². The van der Waals surface area contributed by atoms with Gasteiger partial charge in [0.1, 0.15) is 0 Å². The summed E-state index contributed by atoms with van der Waals surface area (Å²) in [4.78, 5) is 0. The minimum atomic E-state index is -4.94. The van der Waals surface area contributed by atoms with Gasteiger partial charge in [-0.1, -0.05) is 0 Å². The molecule has 0 atom stereocenters. The van der Waals surface area contributed by atoms with Crippen molar-refractivity contribution in [2.45, 2.75) is 0 Å². The monoisotopic (exact) mass is 250 g/mol. The van der Waals surface area contributed by atoms with Crippen molar-refractivity contribution in [2.24, 2.45) is 0 Å². The first-order valence-corrected chi connectivity index (χ1v) is 6.41. The van der Waals surface area contributed by atoms with Gasteiger partial charge in [-0.3, -0.25) is 0 Å². The summed E-state index contributed by atoms with van der Waals surface area (Å²) in [5, 5.41) is 8.33. The molecular weight excluding hydrogens is 235 g/mol. The van der Waals surface area contributed by atoms with Crippen molar-refractivity contribution in [2.75, 3.05) is 39.6 Å². The second kappa shape index (κ2) is 8.45. The molecule has 3 N–H and O–H groups in total. The molecule has 0 radical (unpaired) electrons. The van der Waals surface area contributed by atoms with E-state index in [1.54, 1.807) is 0 Å². The molecule has 8 heteroatoms. The molecule has 7 nitrogen and oxygen atoms in total. The average Bonchev–Trinajstić information content (AvgIpc) is 2.08. The summed E-state index contributed by atoms with van der Waals surface area (Å²) in [5.41, 5.74) is 0. The van der Waals surface area contributed by atoms with Crippen LogP contribution >= 0.6 is 0 Å². The molecule has 0 rings (SSSR count). The van der Waals surface area contributed by atoms with Crippen LogP contribution < -0.4 is 0 Å². The summed E-state index contributed by atoms with van der Waals surface area (Å²) in [6.45, 7) is 0.826. The first-order valence-electron chi connectivity index (χ1n) is 4.02. The van der Waals surface area contributed by atoms with Crippen LogP contribution in [0.1, 0.15) is 0 Å². The Bertz CT molecular complexity index is 168. The number of hydrogen-bond acceptors (Lipinski definition) is 5. The van der Waals surface area contributed by atoms with Crippen molar-refractivity contribution in [3.8, 4) is 0 Å². The standard InChI is InChI=1S/C6H13O4.2H2O.O.V/c7-1-3-9-5-6-10-4-2-8;;;;/h7H,1-6H2;2*1H2;;/q-1;;;;+3/p-2. The first kappa shape index (κ1) is 14.1.